The Balaban J connectivity index is 0.00000300. The third kappa shape index (κ3) is 6.69. The number of aliphatic imine (C=N–C) groups is 1. The largest absolute Gasteiger partial charge is 0.355 e. The van der Waals surface area contributed by atoms with Crippen molar-refractivity contribution in [2.45, 2.75) is 57.5 Å². The third-order valence-electron chi connectivity index (χ3n) is 6.84. The van der Waals surface area contributed by atoms with Gasteiger partial charge in [0.2, 0.25) is 5.91 Å². The van der Waals surface area contributed by atoms with Crippen LogP contribution >= 0.6 is 24.0 Å². The number of rotatable bonds is 6. The summed E-state index contributed by atoms with van der Waals surface area (Å²) in [5, 5.41) is 3.55. The minimum absolute atomic E-state index is 0. The van der Waals surface area contributed by atoms with E-state index in [1.165, 1.54) is 25.7 Å². The maximum atomic E-state index is 12.7. The number of nitrogens with zero attached hydrogens (tertiary/aromatic N) is 5. The molecule has 168 valence electrons. The molecule has 29 heavy (non-hydrogen) atoms. The van der Waals surface area contributed by atoms with E-state index < -0.39 is 0 Å². The maximum absolute atomic E-state index is 12.7. The highest BCUT2D eigenvalue weighted by molar-refractivity contribution is 14.0. The highest BCUT2D eigenvalue weighted by Gasteiger charge is 2.30. The van der Waals surface area contributed by atoms with Crippen molar-refractivity contribution in [2.24, 2.45) is 4.99 Å². The Morgan fingerprint density at radius 2 is 1.66 bits per heavy atom. The maximum Gasteiger partial charge on any atom is 0.239 e. The molecule has 3 aliphatic rings. The van der Waals surface area contributed by atoms with Gasteiger partial charge < -0.3 is 20.0 Å². The van der Waals surface area contributed by atoms with Gasteiger partial charge in [-0.25, -0.2) is 0 Å². The summed E-state index contributed by atoms with van der Waals surface area (Å²) in [6, 6.07) is 0.761. The van der Waals surface area contributed by atoms with Crippen LogP contribution in [-0.2, 0) is 4.79 Å². The molecule has 1 saturated carbocycles. The van der Waals surface area contributed by atoms with E-state index in [0.717, 1.165) is 77.2 Å². The zero-order valence-electron chi connectivity index (χ0n) is 18.6. The molecule has 0 aromatic heterocycles. The SMILES string of the molecule is CN=C(NCCN(C)C1CCCC1)N1CCN(C(C)C(=O)N2CCCC2)CC1.I. The molecule has 1 amide bonds. The summed E-state index contributed by atoms with van der Waals surface area (Å²) in [5.41, 5.74) is 0. The number of amides is 1. The lowest BCUT2D eigenvalue weighted by molar-refractivity contribution is -0.135. The molecule has 1 N–H and O–H groups in total. The van der Waals surface area contributed by atoms with Crippen LogP contribution in [-0.4, -0.2) is 110 Å². The van der Waals surface area contributed by atoms with Gasteiger partial charge >= 0.3 is 0 Å². The molecule has 2 heterocycles. The second-order valence-corrected chi connectivity index (χ2v) is 8.62. The standard InChI is InChI=1S/C21H40N6O.HI/c1-18(20(28)26-11-6-7-12-26)25-14-16-27(17-15-25)21(22-2)23-10-13-24(3)19-8-4-5-9-19;/h18-19H,4-17H2,1-3H3,(H,22,23);1H. The van der Waals surface area contributed by atoms with E-state index in [9.17, 15) is 4.79 Å². The van der Waals surface area contributed by atoms with Crippen molar-refractivity contribution in [1.29, 1.82) is 0 Å². The number of guanidine groups is 1. The van der Waals surface area contributed by atoms with E-state index in [-0.39, 0.29) is 30.0 Å². The number of hydrogen-bond acceptors (Lipinski definition) is 4. The van der Waals surface area contributed by atoms with Gasteiger partial charge in [0.1, 0.15) is 0 Å². The average molecular weight is 521 g/mol. The lowest BCUT2D eigenvalue weighted by atomic mass is 10.2. The molecule has 0 radical (unpaired) electrons. The number of likely N-dealkylation sites (tertiary alicyclic amines) is 1. The molecule has 1 atom stereocenters. The molecule has 3 fully saturated rings. The van der Waals surface area contributed by atoms with Gasteiger partial charge in [-0.05, 0) is 39.7 Å². The predicted molar refractivity (Wildman–Crippen MR) is 130 cm³/mol. The molecule has 1 aliphatic carbocycles. The lowest BCUT2D eigenvalue weighted by Gasteiger charge is -2.39. The van der Waals surface area contributed by atoms with Crippen LogP contribution in [0.3, 0.4) is 0 Å². The van der Waals surface area contributed by atoms with E-state index in [4.69, 9.17) is 0 Å². The van der Waals surface area contributed by atoms with Gasteiger partial charge in [0, 0.05) is 65.4 Å². The molecule has 0 spiro atoms. The summed E-state index contributed by atoms with van der Waals surface area (Å²) >= 11 is 0. The van der Waals surface area contributed by atoms with Crippen LogP contribution in [0.4, 0.5) is 0 Å². The van der Waals surface area contributed by atoms with Gasteiger partial charge in [-0.1, -0.05) is 12.8 Å². The van der Waals surface area contributed by atoms with E-state index in [2.05, 4.69) is 39.0 Å². The van der Waals surface area contributed by atoms with Crippen molar-refractivity contribution in [3.63, 3.8) is 0 Å². The Hall–Kier alpha value is -0.610. The monoisotopic (exact) mass is 520 g/mol. The second-order valence-electron chi connectivity index (χ2n) is 8.62. The first-order valence-electron chi connectivity index (χ1n) is 11.3. The molecule has 2 aliphatic heterocycles. The Bertz CT molecular complexity index is 525. The Morgan fingerprint density at radius 3 is 2.24 bits per heavy atom. The number of piperazine rings is 1. The van der Waals surface area contributed by atoms with Gasteiger partial charge in [0.25, 0.3) is 0 Å². The molecule has 7 nitrogen and oxygen atoms in total. The minimum atomic E-state index is -0.00437. The van der Waals surface area contributed by atoms with Gasteiger partial charge in [-0.2, -0.15) is 0 Å². The fourth-order valence-corrected chi connectivity index (χ4v) is 4.88. The number of carbonyl (C=O) groups excluding carboxylic acids is 1. The Labute approximate surface area is 194 Å². The normalized spacial score (nSPS) is 22.8. The zero-order valence-corrected chi connectivity index (χ0v) is 20.9. The number of halogens is 1. The molecular formula is C21H41IN6O. The lowest BCUT2D eigenvalue weighted by Crippen LogP contribution is -2.57. The average Bonchev–Trinajstić information content (AvgIpc) is 3.44. The van der Waals surface area contributed by atoms with E-state index in [0.29, 0.717) is 5.91 Å². The van der Waals surface area contributed by atoms with Crippen molar-refractivity contribution in [3.8, 4) is 0 Å². The number of likely N-dealkylation sites (N-methyl/N-ethyl adjacent to an activating group) is 1. The second kappa shape index (κ2) is 12.3. The van der Waals surface area contributed by atoms with Crippen LogP contribution in [0.1, 0.15) is 45.4 Å². The van der Waals surface area contributed by atoms with Crippen LogP contribution in [0, 0.1) is 0 Å². The first-order valence-corrected chi connectivity index (χ1v) is 11.3. The van der Waals surface area contributed by atoms with E-state index >= 15 is 0 Å². The van der Waals surface area contributed by atoms with Gasteiger partial charge in [0.15, 0.2) is 5.96 Å². The highest BCUT2D eigenvalue weighted by atomic mass is 127. The van der Waals surface area contributed by atoms with Crippen molar-refractivity contribution in [3.05, 3.63) is 0 Å². The zero-order chi connectivity index (χ0) is 19.9. The van der Waals surface area contributed by atoms with Crippen LogP contribution in [0.15, 0.2) is 4.99 Å². The summed E-state index contributed by atoms with van der Waals surface area (Å²) in [5.74, 6) is 1.31. The molecule has 0 bridgehead atoms. The molecule has 0 aromatic carbocycles. The molecule has 0 aromatic rings. The molecule has 2 saturated heterocycles. The number of carbonyl (C=O) groups is 1. The summed E-state index contributed by atoms with van der Waals surface area (Å²) in [6.45, 7) is 9.64. The number of nitrogens with one attached hydrogen (secondary N) is 1. The summed E-state index contributed by atoms with van der Waals surface area (Å²) in [6.07, 6.45) is 7.78. The summed E-state index contributed by atoms with van der Waals surface area (Å²) in [7, 11) is 4.12. The van der Waals surface area contributed by atoms with E-state index in [1.807, 2.05) is 11.9 Å². The van der Waals surface area contributed by atoms with E-state index in [1.54, 1.807) is 0 Å². The molecular weight excluding hydrogens is 479 g/mol. The van der Waals surface area contributed by atoms with Crippen molar-refractivity contribution < 1.29 is 4.79 Å². The Kier molecular flexibility index (Phi) is 10.5. The van der Waals surface area contributed by atoms with Crippen LogP contribution in [0.5, 0.6) is 0 Å². The van der Waals surface area contributed by atoms with Crippen LogP contribution < -0.4 is 5.32 Å². The smallest absolute Gasteiger partial charge is 0.239 e. The number of hydrogen-bond donors (Lipinski definition) is 1. The van der Waals surface area contributed by atoms with Gasteiger partial charge in [-0.3, -0.25) is 14.7 Å². The summed E-state index contributed by atoms with van der Waals surface area (Å²) in [4.78, 5) is 26.4. The van der Waals surface area contributed by atoms with Gasteiger partial charge in [-0.15, -0.1) is 24.0 Å². The third-order valence-corrected chi connectivity index (χ3v) is 6.84. The fraction of sp³-hybridized carbons (Fsp3) is 0.905. The summed E-state index contributed by atoms with van der Waals surface area (Å²) < 4.78 is 0. The highest BCUT2D eigenvalue weighted by Crippen LogP contribution is 2.21. The first-order chi connectivity index (χ1) is 13.6. The minimum Gasteiger partial charge on any atom is -0.355 e. The van der Waals surface area contributed by atoms with Crippen LogP contribution in [0.2, 0.25) is 0 Å². The Morgan fingerprint density at radius 1 is 1.03 bits per heavy atom. The van der Waals surface area contributed by atoms with Crippen molar-refractivity contribution in [2.75, 3.05) is 66.5 Å². The molecule has 3 rings (SSSR count). The van der Waals surface area contributed by atoms with Crippen LogP contribution in [0.25, 0.3) is 0 Å². The molecule has 1 unspecified atom stereocenters. The quantitative estimate of drug-likeness (QED) is 0.328. The van der Waals surface area contributed by atoms with Gasteiger partial charge in [0.05, 0.1) is 6.04 Å². The fourth-order valence-electron chi connectivity index (χ4n) is 4.88. The first kappa shape index (κ1) is 24.7. The molecule has 8 heteroatoms. The van der Waals surface area contributed by atoms with Crippen molar-refractivity contribution >= 4 is 35.8 Å². The van der Waals surface area contributed by atoms with Crippen molar-refractivity contribution in [1.82, 2.24) is 24.9 Å². The topological polar surface area (TPSA) is 54.4 Å². The predicted octanol–water partition coefficient (Wildman–Crippen LogP) is 1.68.